The van der Waals surface area contributed by atoms with Crippen molar-refractivity contribution in [3.8, 4) is 28.5 Å². The van der Waals surface area contributed by atoms with Crippen LogP contribution in [0.15, 0.2) is 55.1 Å². The zero-order chi connectivity index (χ0) is 27.7. The molecule has 2 unspecified atom stereocenters. The molecule has 9 rings (SSSR count). The number of H-pyrrole nitrogens is 1. The number of piperazine rings is 1. The summed E-state index contributed by atoms with van der Waals surface area (Å²) in [6.45, 7) is 3.44. The molecule has 4 aliphatic heterocycles. The highest BCUT2D eigenvalue weighted by Crippen LogP contribution is 2.39. The first kappa shape index (κ1) is 24.1. The third kappa shape index (κ3) is 3.96. The summed E-state index contributed by atoms with van der Waals surface area (Å²) >= 11 is 0. The predicted molar refractivity (Wildman–Crippen MR) is 155 cm³/mol. The molecule has 4 aromatic heterocycles. The van der Waals surface area contributed by atoms with E-state index < -0.39 is 0 Å². The monoisotopic (exact) mass is 545 g/mol. The molecule has 3 saturated heterocycles. The lowest BCUT2D eigenvalue weighted by atomic mass is 9.86. The van der Waals surface area contributed by atoms with Gasteiger partial charge in [0, 0.05) is 91.7 Å². The Kier molecular flexibility index (Phi) is 5.37. The zero-order valence-corrected chi connectivity index (χ0v) is 22.6. The van der Waals surface area contributed by atoms with Crippen molar-refractivity contribution >= 4 is 22.5 Å². The van der Waals surface area contributed by atoms with Crippen molar-refractivity contribution < 1.29 is 4.39 Å². The Hall–Kier alpha value is -4.75. The van der Waals surface area contributed by atoms with Gasteiger partial charge < -0.3 is 15.2 Å². The van der Waals surface area contributed by atoms with Crippen molar-refractivity contribution in [3.63, 3.8) is 0 Å². The van der Waals surface area contributed by atoms with Crippen LogP contribution in [0, 0.1) is 17.1 Å². The third-order valence-electron chi connectivity index (χ3n) is 8.82. The minimum Gasteiger partial charge on any atom is -0.384 e. The highest BCUT2D eigenvalue weighted by atomic mass is 19.1. The number of nitrogens with one attached hydrogen (secondary N) is 2. The van der Waals surface area contributed by atoms with Crippen LogP contribution in [0.5, 0.6) is 0 Å². The van der Waals surface area contributed by atoms with Crippen molar-refractivity contribution in [2.45, 2.75) is 31.5 Å². The number of fused-ring (bicyclic) bond motifs is 4. The molecule has 0 saturated carbocycles. The van der Waals surface area contributed by atoms with Crippen molar-refractivity contribution in [1.29, 1.82) is 5.26 Å². The van der Waals surface area contributed by atoms with Gasteiger partial charge in [0.25, 0.3) is 0 Å². The molecule has 8 heterocycles. The van der Waals surface area contributed by atoms with Crippen LogP contribution in [0.3, 0.4) is 0 Å². The molecule has 2 bridgehead atoms. The molecule has 1 aromatic carbocycles. The standard InChI is InChI=1S/C31H28FN9/c1-39-14-22(13-37-39)27-9-26-29(21(10-33)12-36-31(26)38-27)19-2-3-28(35-11-19)40-16-24-8-25(17-40)41(24)15-20-7-23(32)6-18-4-5-34-30(18)20/h2-3,6-7,9,11-14,24-25,34H,4-5,8,15-17H2,1H3,(H,36,38). The molecular formula is C31H28FN9. The number of hydrogen-bond donors (Lipinski definition) is 2. The van der Waals surface area contributed by atoms with Gasteiger partial charge in [0.1, 0.15) is 23.4 Å². The number of halogens is 1. The Balaban J connectivity index is 1.03. The number of rotatable bonds is 5. The van der Waals surface area contributed by atoms with Gasteiger partial charge in [-0.05, 0) is 54.3 Å². The molecule has 0 aliphatic carbocycles. The number of nitriles is 1. The molecule has 204 valence electrons. The molecule has 10 heteroatoms. The van der Waals surface area contributed by atoms with Crippen LogP contribution in [-0.2, 0) is 20.0 Å². The predicted octanol–water partition coefficient (Wildman–Crippen LogP) is 4.47. The molecule has 41 heavy (non-hydrogen) atoms. The van der Waals surface area contributed by atoms with E-state index in [1.54, 1.807) is 29.2 Å². The number of nitrogens with zero attached hydrogens (tertiary/aromatic N) is 7. The molecule has 9 nitrogen and oxygen atoms in total. The first-order chi connectivity index (χ1) is 20.0. The van der Waals surface area contributed by atoms with E-state index in [0.29, 0.717) is 17.6 Å². The fourth-order valence-corrected chi connectivity index (χ4v) is 6.83. The first-order valence-corrected chi connectivity index (χ1v) is 14.0. The second-order valence-corrected chi connectivity index (χ2v) is 11.3. The molecule has 0 radical (unpaired) electrons. The van der Waals surface area contributed by atoms with E-state index >= 15 is 0 Å². The van der Waals surface area contributed by atoms with Crippen LogP contribution < -0.4 is 10.2 Å². The fourth-order valence-electron chi connectivity index (χ4n) is 6.83. The van der Waals surface area contributed by atoms with Gasteiger partial charge in [0.05, 0.1) is 17.5 Å². The molecule has 2 N–H and O–H groups in total. The van der Waals surface area contributed by atoms with Gasteiger partial charge in [0.2, 0.25) is 0 Å². The summed E-state index contributed by atoms with van der Waals surface area (Å²) < 4.78 is 16.0. The van der Waals surface area contributed by atoms with Gasteiger partial charge in [0.15, 0.2) is 0 Å². The smallest absolute Gasteiger partial charge is 0.138 e. The third-order valence-corrected chi connectivity index (χ3v) is 8.82. The summed E-state index contributed by atoms with van der Waals surface area (Å²) in [6.07, 6.45) is 9.27. The molecule has 2 atom stereocenters. The summed E-state index contributed by atoms with van der Waals surface area (Å²) in [4.78, 5) is 17.6. The van der Waals surface area contributed by atoms with Crippen molar-refractivity contribution in [2.24, 2.45) is 7.05 Å². The number of anilines is 2. The second kappa shape index (κ2) is 9.14. The van der Waals surface area contributed by atoms with Crippen LogP contribution in [0.2, 0.25) is 0 Å². The number of benzene rings is 1. The topological polar surface area (TPSA) is 102 Å². The molecule has 0 spiro atoms. The van der Waals surface area contributed by atoms with E-state index in [1.165, 1.54) is 0 Å². The Bertz CT molecular complexity index is 1840. The molecule has 3 fully saturated rings. The molecule has 4 aliphatic rings. The Morgan fingerprint density at radius 2 is 1.95 bits per heavy atom. The number of hydrogen-bond acceptors (Lipinski definition) is 7. The molecule has 0 amide bonds. The lowest BCUT2D eigenvalue weighted by Crippen LogP contribution is -2.68. The summed E-state index contributed by atoms with van der Waals surface area (Å²) in [6, 6.07) is 12.6. The number of aromatic nitrogens is 5. The minimum atomic E-state index is -0.141. The summed E-state index contributed by atoms with van der Waals surface area (Å²) in [5, 5.41) is 18.5. The first-order valence-electron chi connectivity index (χ1n) is 14.0. The Morgan fingerprint density at radius 3 is 2.71 bits per heavy atom. The van der Waals surface area contributed by atoms with Crippen LogP contribution in [0.1, 0.15) is 23.1 Å². The van der Waals surface area contributed by atoms with Crippen LogP contribution in [-0.4, -0.2) is 61.4 Å². The highest BCUT2D eigenvalue weighted by molar-refractivity contribution is 5.98. The van der Waals surface area contributed by atoms with Gasteiger partial charge in [-0.15, -0.1) is 0 Å². The highest BCUT2D eigenvalue weighted by Gasteiger charge is 2.45. The van der Waals surface area contributed by atoms with Gasteiger partial charge in [-0.1, -0.05) is 0 Å². The zero-order valence-electron chi connectivity index (χ0n) is 22.6. The number of pyridine rings is 2. The normalized spacial score (nSPS) is 19.6. The van der Waals surface area contributed by atoms with E-state index in [-0.39, 0.29) is 5.82 Å². The summed E-state index contributed by atoms with van der Waals surface area (Å²) in [5.41, 5.74) is 8.08. The molecule has 5 aromatic rings. The maximum absolute atomic E-state index is 14.2. The average Bonchev–Trinajstić information content (AvgIpc) is 3.75. The number of piperidine rings is 1. The fraction of sp³-hybridized carbons (Fsp3) is 0.290. The van der Waals surface area contributed by atoms with Gasteiger partial charge in [-0.2, -0.15) is 10.4 Å². The van der Waals surface area contributed by atoms with E-state index in [9.17, 15) is 9.65 Å². The van der Waals surface area contributed by atoms with Crippen LogP contribution in [0.4, 0.5) is 15.9 Å². The Labute approximate surface area is 236 Å². The lowest BCUT2D eigenvalue weighted by molar-refractivity contribution is -0.00857. The second-order valence-electron chi connectivity index (χ2n) is 11.3. The lowest BCUT2D eigenvalue weighted by Gasteiger charge is -2.56. The number of aromatic amines is 1. The summed E-state index contributed by atoms with van der Waals surface area (Å²) in [5.74, 6) is 0.795. The van der Waals surface area contributed by atoms with E-state index in [2.05, 4.69) is 48.4 Å². The minimum absolute atomic E-state index is 0.141. The average molecular weight is 546 g/mol. The Morgan fingerprint density at radius 1 is 1.07 bits per heavy atom. The summed E-state index contributed by atoms with van der Waals surface area (Å²) in [7, 11) is 1.88. The van der Waals surface area contributed by atoms with Gasteiger partial charge in [-0.3, -0.25) is 9.58 Å². The van der Waals surface area contributed by atoms with Crippen LogP contribution >= 0.6 is 0 Å². The largest absolute Gasteiger partial charge is 0.384 e. The SMILES string of the molecule is Cn1cc(-c2cc3c(-c4ccc(N5CC6CC(C5)N6Cc5cc(F)cc6c5NCC6)nc4)c(C#N)cnc3[nH]2)cn1. The van der Waals surface area contributed by atoms with Crippen molar-refractivity contribution in [3.05, 3.63) is 77.6 Å². The maximum atomic E-state index is 14.2. The van der Waals surface area contributed by atoms with Crippen molar-refractivity contribution in [2.75, 3.05) is 29.9 Å². The van der Waals surface area contributed by atoms with Gasteiger partial charge in [-0.25, -0.2) is 14.4 Å². The van der Waals surface area contributed by atoms with E-state index in [0.717, 1.165) is 95.1 Å². The maximum Gasteiger partial charge on any atom is 0.138 e. The quantitative estimate of drug-likeness (QED) is 0.336. The van der Waals surface area contributed by atoms with E-state index in [4.69, 9.17) is 4.98 Å². The molecular weight excluding hydrogens is 517 g/mol. The number of aryl methyl sites for hydroxylation is 1. The van der Waals surface area contributed by atoms with Crippen LogP contribution in [0.25, 0.3) is 33.4 Å². The van der Waals surface area contributed by atoms with E-state index in [1.807, 2.05) is 25.5 Å². The van der Waals surface area contributed by atoms with Crippen molar-refractivity contribution in [1.82, 2.24) is 29.6 Å². The van der Waals surface area contributed by atoms with Gasteiger partial charge >= 0.3 is 0 Å².